The van der Waals surface area contributed by atoms with Gasteiger partial charge in [-0.3, -0.25) is 0 Å². The van der Waals surface area contributed by atoms with Crippen LogP contribution in [0.4, 0.5) is 0 Å². The minimum Gasteiger partial charge on any atom is -0.339 e. The topological polar surface area (TPSA) is 51.0 Å². The summed E-state index contributed by atoms with van der Waals surface area (Å²) in [5.41, 5.74) is 1.34. The van der Waals surface area contributed by atoms with Crippen LogP contribution in [0.3, 0.4) is 0 Å². The first-order valence-electron chi connectivity index (χ1n) is 6.87. The first kappa shape index (κ1) is 13.7. The zero-order valence-electron chi connectivity index (χ0n) is 11.6. The molecule has 4 heteroatoms. The fraction of sp³-hybridized carbons (Fsp3) is 0.467. The van der Waals surface area contributed by atoms with E-state index in [4.69, 9.17) is 4.52 Å². The molecule has 19 heavy (non-hydrogen) atoms. The van der Waals surface area contributed by atoms with Crippen molar-refractivity contribution in [1.82, 2.24) is 15.5 Å². The molecule has 1 aromatic heterocycles. The van der Waals surface area contributed by atoms with Crippen LogP contribution in [0.1, 0.15) is 43.1 Å². The van der Waals surface area contributed by atoms with Crippen molar-refractivity contribution in [3.63, 3.8) is 0 Å². The van der Waals surface area contributed by atoms with E-state index in [1.807, 2.05) is 13.0 Å². The lowest BCUT2D eigenvalue weighted by molar-refractivity contribution is 0.367. The second kappa shape index (κ2) is 7.04. The Morgan fingerprint density at radius 2 is 2.05 bits per heavy atom. The SMILES string of the molecule is CCCC(NCCc1nc(C)no1)c1ccccc1. The Morgan fingerprint density at radius 1 is 1.26 bits per heavy atom. The number of hydrogen-bond donors (Lipinski definition) is 1. The third kappa shape index (κ3) is 4.17. The van der Waals surface area contributed by atoms with E-state index in [-0.39, 0.29) is 0 Å². The summed E-state index contributed by atoms with van der Waals surface area (Å²) in [6.07, 6.45) is 3.06. The van der Waals surface area contributed by atoms with Crippen LogP contribution in [0.25, 0.3) is 0 Å². The number of nitrogens with zero attached hydrogens (tertiary/aromatic N) is 2. The number of aromatic nitrogens is 2. The van der Waals surface area contributed by atoms with Crippen molar-refractivity contribution >= 4 is 0 Å². The Hall–Kier alpha value is -1.68. The predicted octanol–water partition coefficient (Wildman–Crippen LogP) is 3.05. The van der Waals surface area contributed by atoms with Gasteiger partial charge in [0.2, 0.25) is 5.89 Å². The van der Waals surface area contributed by atoms with E-state index in [1.54, 1.807) is 0 Å². The van der Waals surface area contributed by atoms with Crippen molar-refractivity contribution in [1.29, 1.82) is 0 Å². The van der Waals surface area contributed by atoms with Gasteiger partial charge in [0, 0.05) is 19.0 Å². The molecule has 102 valence electrons. The van der Waals surface area contributed by atoms with E-state index in [2.05, 4.69) is 46.6 Å². The maximum Gasteiger partial charge on any atom is 0.227 e. The minimum atomic E-state index is 0.398. The van der Waals surface area contributed by atoms with Crippen LogP contribution in [0, 0.1) is 6.92 Å². The standard InChI is InChI=1S/C15H21N3O/c1-3-7-14(13-8-5-4-6-9-13)16-11-10-15-17-12(2)18-19-15/h4-6,8-9,14,16H,3,7,10-11H2,1-2H3. The first-order valence-corrected chi connectivity index (χ1v) is 6.87. The number of aryl methyl sites for hydroxylation is 1. The van der Waals surface area contributed by atoms with Gasteiger partial charge in [0.1, 0.15) is 0 Å². The van der Waals surface area contributed by atoms with Crippen LogP contribution >= 0.6 is 0 Å². The third-order valence-electron chi connectivity index (χ3n) is 3.08. The van der Waals surface area contributed by atoms with Gasteiger partial charge in [-0.05, 0) is 18.9 Å². The molecule has 2 rings (SSSR count). The molecule has 1 atom stereocenters. The number of benzene rings is 1. The Morgan fingerprint density at radius 3 is 2.68 bits per heavy atom. The molecule has 1 aromatic carbocycles. The van der Waals surface area contributed by atoms with Gasteiger partial charge in [-0.1, -0.05) is 48.8 Å². The fourth-order valence-corrected chi connectivity index (χ4v) is 2.16. The number of nitrogens with one attached hydrogen (secondary N) is 1. The Balaban J connectivity index is 1.87. The largest absolute Gasteiger partial charge is 0.339 e. The smallest absolute Gasteiger partial charge is 0.227 e. The highest BCUT2D eigenvalue weighted by Crippen LogP contribution is 2.17. The zero-order chi connectivity index (χ0) is 13.5. The highest BCUT2D eigenvalue weighted by Gasteiger charge is 2.10. The molecule has 1 heterocycles. The van der Waals surface area contributed by atoms with Gasteiger partial charge < -0.3 is 9.84 Å². The van der Waals surface area contributed by atoms with Gasteiger partial charge in [-0.25, -0.2) is 0 Å². The summed E-state index contributed by atoms with van der Waals surface area (Å²) < 4.78 is 5.11. The molecular weight excluding hydrogens is 238 g/mol. The highest BCUT2D eigenvalue weighted by molar-refractivity contribution is 5.18. The highest BCUT2D eigenvalue weighted by atomic mass is 16.5. The van der Waals surface area contributed by atoms with E-state index < -0.39 is 0 Å². The second-order valence-corrected chi connectivity index (χ2v) is 4.69. The lowest BCUT2D eigenvalue weighted by atomic mass is 10.0. The predicted molar refractivity (Wildman–Crippen MR) is 74.8 cm³/mol. The Kier molecular flexibility index (Phi) is 5.10. The Bertz CT molecular complexity index is 481. The van der Waals surface area contributed by atoms with E-state index in [0.717, 1.165) is 25.8 Å². The van der Waals surface area contributed by atoms with Crippen LogP contribution in [0.15, 0.2) is 34.9 Å². The van der Waals surface area contributed by atoms with Crippen molar-refractivity contribution < 1.29 is 4.52 Å². The molecule has 0 radical (unpaired) electrons. The quantitative estimate of drug-likeness (QED) is 0.830. The summed E-state index contributed by atoms with van der Waals surface area (Å²) in [4.78, 5) is 4.21. The van der Waals surface area contributed by atoms with Crippen molar-refractivity contribution in [3.05, 3.63) is 47.6 Å². The van der Waals surface area contributed by atoms with Crippen molar-refractivity contribution in [2.75, 3.05) is 6.54 Å². The van der Waals surface area contributed by atoms with Gasteiger partial charge in [-0.2, -0.15) is 4.98 Å². The van der Waals surface area contributed by atoms with Gasteiger partial charge in [0.15, 0.2) is 5.82 Å². The van der Waals surface area contributed by atoms with Crippen LogP contribution in [0.2, 0.25) is 0 Å². The molecule has 2 aromatic rings. The normalized spacial score (nSPS) is 12.5. The third-order valence-corrected chi connectivity index (χ3v) is 3.08. The lowest BCUT2D eigenvalue weighted by Gasteiger charge is -2.18. The molecule has 0 aliphatic heterocycles. The van der Waals surface area contributed by atoms with E-state index in [1.165, 1.54) is 5.56 Å². The molecule has 0 amide bonds. The summed E-state index contributed by atoms with van der Waals surface area (Å²) in [5, 5.41) is 7.36. The van der Waals surface area contributed by atoms with Gasteiger partial charge >= 0.3 is 0 Å². The maximum absolute atomic E-state index is 5.11. The van der Waals surface area contributed by atoms with Crippen LogP contribution in [-0.4, -0.2) is 16.7 Å². The van der Waals surface area contributed by atoms with E-state index in [9.17, 15) is 0 Å². The van der Waals surface area contributed by atoms with Crippen LogP contribution in [0.5, 0.6) is 0 Å². The zero-order valence-corrected chi connectivity index (χ0v) is 11.6. The first-order chi connectivity index (χ1) is 9.29. The average Bonchev–Trinajstić information content (AvgIpc) is 2.84. The molecule has 4 nitrogen and oxygen atoms in total. The molecule has 0 bridgehead atoms. The van der Waals surface area contributed by atoms with Crippen molar-refractivity contribution in [2.45, 2.75) is 39.2 Å². The van der Waals surface area contributed by atoms with E-state index >= 15 is 0 Å². The summed E-state index contributed by atoms with van der Waals surface area (Å²) in [7, 11) is 0. The molecule has 0 saturated carbocycles. The Labute approximate surface area is 114 Å². The van der Waals surface area contributed by atoms with Crippen molar-refractivity contribution in [2.24, 2.45) is 0 Å². The summed E-state index contributed by atoms with van der Waals surface area (Å²) in [5.74, 6) is 1.40. The van der Waals surface area contributed by atoms with Gasteiger partial charge in [0.05, 0.1) is 0 Å². The average molecular weight is 259 g/mol. The molecule has 1 unspecified atom stereocenters. The summed E-state index contributed by atoms with van der Waals surface area (Å²) >= 11 is 0. The number of rotatable bonds is 7. The monoisotopic (exact) mass is 259 g/mol. The summed E-state index contributed by atoms with van der Waals surface area (Å²) in [6.45, 7) is 4.89. The van der Waals surface area contributed by atoms with Gasteiger partial charge in [0.25, 0.3) is 0 Å². The fourth-order valence-electron chi connectivity index (χ4n) is 2.16. The van der Waals surface area contributed by atoms with E-state index in [0.29, 0.717) is 17.8 Å². The molecule has 0 aliphatic rings. The minimum absolute atomic E-state index is 0.398. The number of hydrogen-bond acceptors (Lipinski definition) is 4. The molecule has 0 aliphatic carbocycles. The lowest BCUT2D eigenvalue weighted by Crippen LogP contribution is -2.23. The molecule has 0 spiro atoms. The molecule has 0 saturated heterocycles. The molecular formula is C15H21N3O. The van der Waals surface area contributed by atoms with Crippen LogP contribution < -0.4 is 5.32 Å². The summed E-state index contributed by atoms with van der Waals surface area (Å²) in [6, 6.07) is 11.0. The molecule has 0 fully saturated rings. The maximum atomic E-state index is 5.11. The second-order valence-electron chi connectivity index (χ2n) is 4.69. The molecule has 1 N–H and O–H groups in total. The van der Waals surface area contributed by atoms with Crippen LogP contribution in [-0.2, 0) is 6.42 Å². The van der Waals surface area contributed by atoms with Gasteiger partial charge in [-0.15, -0.1) is 0 Å². The van der Waals surface area contributed by atoms with Crippen molar-refractivity contribution in [3.8, 4) is 0 Å².